The number of fused-ring (bicyclic) bond motifs is 1. The first-order chi connectivity index (χ1) is 11.2. The highest BCUT2D eigenvalue weighted by Gasteiger charge is 2.16. The van der Waals surface area contributed by atoms with Crippen molar-refractivity contribution in [3.8, 4) is 5.88 Å². The summed E-state index contributed by atoms with van der Waals surface area (Å²) in [5.74, 6) is -0.563. The van der Waals surface area contributed by atoms with E-state index in [-0.39, 0.29) is 11.6 Å². The lowest BCUT2D eigenvalue weighted by molar-refractivity contribution is 0.0994. The highest BCUT2D eigenvalue weighted by Crippen LogP contribution is 2.38. The van der Waals surface area contributed by atoms with Crippen molar-refractivity contribution in [1.82, 2.24) is 9.55 Å². The highest BCUT2D eigenvalue weighted by atomic mass is 16.3. The van der Waals surface area contributed by atoms with E-state index >= 15 is 0 Å². The summed E-state index contributed by atoms with van der Waals surface area (Å²) in [7, 11) is 0. The SMILES string of the molecule is C=CCn1c(O)c(N=NC(=O)c2cccnc2)c2ccccc21. The van der Waals surface area contributed by atoms with Crippen molar-refractivity contribution >= 4 is 22.5 Å². The first-order valence-corrected chi connectivity index (χ1v) is 6.99. The number of para-hydroxylation sites is 1. The molecule has 1 N–H and O–H groups in total. The van der Waals surface area contributed by atoms with Crippen molar-refractivity contribution in [3.63, 3.8) is 0 Å². The number of azo groups is 1. The third kappa shape index (κ3) is 2.74. The molecule has 0 saturated carbocycles. The van der Waals surface area contributed by atoms with Gasteiger partial charge in [-0.05, 0) is 18.2 Å². The van der Waals surface area contributed by atoms with Crippen molar-refractivity contribution in [2.24, 2.45) is 10.2 Å². The van der Waals surface area contributed by atoms with Crippen LogP contribution in [0, 0.1) is 0 Å². The Morgan fingerprint density at radius 2 is 2.13 bits per heavy atom. The van der Waals surface area contributed by atoms with E-state index in [1.807, 2.05) is 24.3 Å². The van der Waals surface area contributed by atoms with E-state index in [2.05, 4.69) is 21.8 Å². The van der Waals surface area contributed by atoms with Crippen LogP contribution in [0.4, 0.5) is 5.69 Å². The van der Waals surface area contributed by atoms with Gasteiger partial charge >= 0.3 is 0 Å². The fraction of sp³-hybridized carbons (Fsp3) is 0.0588. The molecule has 3 rings (SSSR count). The maximum atomic E-state index is 12.0. The van der Waals surface area contributed by atoms with E-state index in [0.717, 1.165) is 10.9 Å². The molecule has 2 heterocycles. The number of aromatic nitrogens is 2. The van der Waals surface area contributed by atoms with Crippen LogP contribution >= 0.6 is 0 Å². The van der Waals surface area contributed by atoms with Gasteiger partial charge in [0.1, 0.15) is 0 Å². The molecule has 1 aromatic carbocycles. The maximum Gasteiger partial charge on any atom is 0.296 e. The summed E-state index contributed by atoms with van der Waals surface area (Å²) < 4.78 is 1.66. The summed E-state index contributed by atoms with van der Waals surface area (Å²) in [4.78, 5) is 15.9. The van der Waals surface area contributed by atoms with E-state index in [4.69, 9.17) is 0 Å². The molecular formula is C17H14N4O2. The van der Waals surface area contributed by atoms with Crippen LogP contribution in [0.15, 0.2) is 71.7 Å². The number of nitrogens with zero attached hydrogens (tertiary/aromatic N) is 4. The molecule has 23 heavy (non-hydrogen) atoms. The Hall–Kier alpha value is -3.28. The molecule has 0 radical (unpaired) electrons. The summed E-state index contributed by atoms with van der Waals surface area (Å²) >= 11 is 0. The third-order valence-corrected chi connectivity index (χ3v) is 3.38. The minimum absolute atomic E-state index is 0.0474. The fourth-order valence-corrected chi connectivity index (χ4v) is 2.33. The van der Waals surface area contributed by atoms with Gasteiger partial charge in [-0.3, -0.25) is 9.78 Å². The van der Waals surface area contributed by atoms with E-state index in [9.17, 15) is 9.90 Å². The molecule has 0 aliphatic heterocycles. The van der Waals surface area contributed by atoms with Crippen LogP contribution < -0.4 is 0 Å². The molecule has 3 aromatic rings. The van der Waals surface area contributed by atoms with Crippen LogP contribution in [0.5, 0.6) is 5.88 Å². The third-order valence-electron chi connectivity index (χ3n) is 3.38. The Morgan fingerprint density at radius 3 is 2.87 bits per heavy atom. The van der Waals surface area contributed by atoms with Gasteiger partial charge in [0, 0.05) is 24.3 Å². The quantitative estimate of drug-likeness (QED) is 0.587. The van der Waals surface area contributed by atoms with Crippen molar-refractivity contribution in [2.75, 3.05) is 0 Å². The summed E-state index contributed by atoms with van der Waals surface area (Å²) in [5.41, 5.74) is 1.40. The Kier molecular flexibility index (Phi) is 3.97. The number of rotatable bonds is 4. The van der Waals surface area contributed by atoms with Crippen molar-refractivity contribution in [1.29, 1.82) is 0 Å². The predicted octanol–water partition coefficient (Wildman–Crippen LogP) is 3.85. The standard InChI is InChI=1S/C17H14N4O2/c1-2-10-21-14-8-4-3-7-13(14)15(17(21)23)19-20-16(22)12-6-5-9-18-11-12/h2-9,11,23H,1,10H2. The zero-order valence-electron chi connectivity index (χ0n) is 12.3. The van der Waals surface area contributed by atoms with E-state index < -0.39 is 5.91 Å². The molecule has 2 aromatic heterocycles. The topological polar surface area (TPSA) is 79.8 Å². The molecule has 0 spiro atoms. The van der Waals surface area contributed by atoms with Gasteiger partial charge in [-0.1, -0.05) is 24.3 Å². The highest BCUT2D eigenvalue weighted by molar-refractivity contribution is 5.97. The van der Waals surface area contributed by atoms with Crippen LogP contribution in [-0.2, 0) is 6.54 Å². The monoisotopic (exact) mass is 306 g/mol. The lowest BCUT2D eigenvalue weighted by atomic mass is 10.2. The molecule has 0 aliphatic carbocycles. The molecule has 0 unspecified atom stereocenters. The van der Waals surface area contributed by atoms with Gasteiger partial charge in [-0.2, -0.15) is 0 Å². The number of benzene rings is 1. The van der Waals surface area contributed by atoms with Gasteiger partial charge < -0.3 is 9.67 Å². The second-order valence-corrected chi connectivity index (χ2v) is 4.84. The van der Waals surface area contributed by atoms with Crippen molar-refractivity contribution < 1.29 is 9.90 Å². The number of pyridine rings is 1. The molecule has 0 saturated heterocycles. The van der Waals surface area contributed by atoms with Crippen LogP contribution in [0.25, 0.3) is 10.9 Å². The molecule has 0 bridgehead atoms. The first-order valence-electron chi connectivity index (χ1n) is 6.99. The molecule has 0 aliphatic rings. The fourth-order valence-electron chi connectivity index (χ4n) is 2.33. The second-order valence-electron chi connectivity index (χ2n) is 4.84. The van der Waals surface area contributed by atoms with Gasteiger partial charge in [-0.25, -0.2) is 0 Å². The maximum absolute atomic E-state index is 12.0. The van der Waals surface area contributed by atoms with Crippen LogP contribution in [-0.4, -0.2) is 20.6 Å². The summed E-state index contributed by atoms with van der Waals surface area (Å²) in [5, 5.41) is 18.7. The average molecular weight is 306 g/mol. The van der Waals surface area contributed by atoms with E-state index in [1.165, 1.54) is 6.20 Å². The Bertz CT molecular complexity index is 898. The summed E-state index contributed by atoms with van der Waals surface area (Å²) in [6.45, 7) is 4.11. The lowest BCUT2D eigenvalue weighted by Gasteiger charge is -2.01. The molecule has 1 amide bonds. The number of hydrogen-bond donors (Lipinski definition) is 1. The van der Waals surface area contributed by atoms with Gasteiger partial charge in [0.15, 0.2) is 5.69 Å². The van der Waals surface area contributed by atoms with Crippen LogP contribution in [0.3, 0.4) is 0 Å². The number of aromatic hydroxyl groups is 1. The van der Waals surface area contributed by atoms with Crippen LogP contribution in [0.2, 0.25) is 0 Å². The summed E-state index contributed by atoms with van der Waals surface area (Å²) in [6.07, 6.45) is 4.67. The molecule has 114 valence electrons. The molecule has 6 heteroatoms. The van der Waals surface area contributed by atoms with Crippen LogP contribution in [0.1, 0.15) is 10.4 Å². The minimum atomic E-state index is -0.516. The Labute approximate surface area is 132 Å². The lowest BCUT2D eigenvalue weighted by Crippen LogP contribution is -1.93. The zero-order chi connectivity index (χ0) is 16.2. The molecule has 0 atom stereocenters. The Morgan fingerprint density at radius 1 is 1.30 bits per heavy atom. The minimum Gasteiger partial charge on any atom is -0.493 e. The predicted molar refractivity (Wildman–Crippen MR) is 86.9 cm³/mol. The number of allylic oxidation sites excluding steroid dienone is 1. The van der Waals surface area contributed by atoms with E-state index in [0.29, 0.717) is 12.1 Å². The Balaban J connectivity index is 2.03. The second kappa shape index (κ2) is 6.23. The van der Waals surface area contributed by atoms with Gasteiger partial charge in [0.25, 0.3) is 5.91 Å². The molecular weight excluding hydrogens is 292 g/mol. The van der Waals surface area contributed by atoms with Gasteiger partial charge in [0.05, 0.1) is 11.1 Å². The molecule has 0 fully saturated rings. The largest absolute Gasteiger partial charge is 0.493 e. The first kappa shape index (κ1) is 14.6. The number of carbonyl (C=O) groups is 1. The number of hydrogen-bond acceptors (Lipinski definition) is 4. The number of carbonyl (C=O) groups excluding carboxylic acids is 1. The average Bonchev–Trinajstić information content (AvgIpc) is 2.86. The smallest absolute Gasteiger partial charge is 0.296 e. The van der Waals surface area contributed by atoms with Crippen molar-refractivity contribution in [2.45, 2.75) is 6.54 Å². The van der Waals surface area contributed by atoms with Gasteiger partial charge in [-0.15, -0.1) is 16.8 Å². The van der Waals surface area contributed by atoms with Crippen molar-refractivity contribution in [3.05, 3.63) is 67.0 Å². The normalized spacial score (nSPS) is 11.1. The number of amides is 1. The molecule has 6 nitrogen and oxygen atoms in total. The summed E-state index contributed by atoms with van der Waals surface area (Å²) in [6, 6.07) is 10.6. The zero-order valence-corrected chi connectivity index (χ0v) is 12.3. The van der Waals surface area contributed by atoms with E-state index in [1.54, 1.807) is 29.0 Å². The van der Waals surface area contributed by atoms with Gasteiger partial charge in [0.2, 0.25) is 5.88 Å².